The van der Waals surface area contributed by atoms with Crippen LogP contribution >= 0.6 is 12.6 Å². The van der Waals surface area contributed by atoms with Gasteiger partial charge in [0.05, 0.1) is 13.0 Å². The van der Waals surface area contributed by atoms with E-state index in [-0.39, 0.29) is 25.3 Å². The first-order chi connectivity index (χ1) is 18.3. The lowest BCUT2D eigenvalue weighted by Gasteiger charge is -2.34. The molecule has 0 fully saturated rings. The van der Waals surface area contributed by atoms with Gasteiger partial charge < -0.3 is 25.0 Å². The minimum absolute atomic E-state index is 0.0169. The molecule has 0 aliphatic carbocycles. The second kappa shape index (κ2) is 17.0. The van der Waals surface area contributed by atoms with Gasteiger partial charge in [0.2, 0.25) is 11.8 Å². The Morgan fingerprint density at radius 1 is 1.00 bits per heavy atom. The van der Waals surface area contributed by atoms with Crippen LogP contribution in [-0.4, -0.2) is 65.9 Å². The molecule has 0 saturated heterocycles. The molecule has 0 spiro atoms. The summed E-state index contributed by atoms with van der Waals surface area (Å²) >= 11 is 4.33. The van der Waals surface area contributed by atoms with Crippen molar-refractivity contribution in [3.05, 3.63) is 34.9 Å². The van der Waals surface area contributed by atoms with Crippen molar-refractivity contribution in [3.63, 3.8) is 0 Å². The number of hydrogen-bond acceptors (Lipinski definition) is 7. The van der Waals surface area contributed by atoms with E-state index in [4.69, 9.17) is 9.47 Å². The first-order valence-corrected chi connectivity index (χ1v) is 14.4. The van der Waals surface area contributed by atoms with Crippen LogP contribution in [0.3, 0.4) is 0 Å². The van der Waals surface area contributed by atoms with Crippen LogP contribution in [0, 0.1) is 13.8 Å². The van der Waals surface area contributed by atoms with E-state index in [9.17, 15) is 19.2 Å². The fourth-order valence-corrected chi connectivity index (χ4v) is 4.42. The molecule has 0 bridgehead atoms. The van der Waals surface area contributed by atoms with Gasteiger partial charge in [0.15, 0.2) is 0 Å². The Kier molecular flexibility index (Phi) is 15.0. The van der Waals surface area contributed by atoms with Gasteiger partial charge >= 0.3 is 12.1 Å². The van der Waals surface area contributed by atoms with Crippen molar-refractivity contribution in [1.29, 1.82) is 0 Å². The molecule has 39 heavy (non-hydrogen) atoms. The van der Waals surface area contributed by atoms with Gasteiger partial charge in [-0.05, 0) is 53.5 Å². The van der Waals surface area contributed by atoms with Crippen LogP contribution in [0.4, 0.5) is 4.79 Å². The van der Waals surface area contributed by atoms with E-state index in [0.717, 1.165) is 30.4 Å². The van der Waals surface area contributed by atoms with Gasteiger partial charge in [0.25, 0.3) is 0 Å². The number of nitrogens with one attached hydrogen (secondary N) is 2. The third-order valence-corrected chi connectivity index (χ3v) is 6.13. The number of aryl methyl sites for hydroxylation is 2. The normalized spacial score (nSPS) is 12.7. The fourth-order valence-electron chi connectivity index (χ4n) is 4.17. The molecule has 0 aromatic heterocycles. The molecule has 3 amide bonds. The second-order valence-corrected chi connectivity index (χ2v) is 11.0. The Morgan fingerprint density at radius 3 is 2.18 bits per heavy atom. The van der Waals surface area contributed by atoms with Gasteiger partial charge in [-0.1, -0.05) is 55.5 Å². The minimum atomic E-state index is -1.00. The summed E-state index contributed by atoms with van der Waals surface area (Å²) in [4.78, 5) is 53.5. The maximum atomic E-state index is 13.9. The standard InChI is InChI=1S/C29H47N3O6S/c1-8-10-11-12-15-32(27(35)23(19-39)31-28(36)38-29(5,6)7)25(22-17-20(3)16-21(4)18-22)26(34)30-14-13-24(33)37-9-2/h16-18,23,25,39H,8-15,19H2,1-7H3,(H,30,34)(H,31,36). The van der Waals surface area contributed by atoms with E-state index in [0.29, 0.717) is 18.5 Å². The van der Waals surface area contributed by atoms with Gasteiger partial charge in [0.1, 0.15) is 17.7 Å². The highest BCUT2D eigenvalue weighted by Gasteiger charge is 2.35. The molecule has 2 N–H and O–H groups in total. The number of alkyl carbamates (subject to hydrolysis) is 1. The molecule has 0 aliphatic heterocycles. The highest BCUT2D eigenvalue weighted by atomic mass is 32.1. The molecule has 0 saturated carbocycles. The summed E-state index contributed by atoms with van der Waals surface area (Å²) in [6.07, 6.45) is 2.86. The summed E-state index contributed by atoms with van der Waals surface area (Å²) in [5.74, 6) is -1.24. The van der Waals surface area contributed by atoms with E-state index in [1.807, 2.05) is 32.0 Å². The number of amides is 3. The zero-order chi connectivity index (χ0) is 29.6. The largest absolute Gasteiger partial charge is 0.466 e. The molecule has 1 rings (SSSR count). The van der Waals surface area contributed by atoms with Crippen molar-refractivity contribution in [2.45, 2.75) is 98.3 Å². The number of nitrogens with zero attached hydrogens (tertiary/aromatic N) is 1. The molecule has 0 radical (unpaired) electrons. The molecule has 9 nitrogen and oxygen atoms in total. The van der Waals surface area contributed by atoms with E-state index in [1.165, 1.54) is 4.90 Å². The number of benzene rings is 1. The van der Waals surface area contributed by atoms with E-state index < -0.39 is 41.6 Å². The summed E-state index contributed by atoms with van der Waals surface area (Å²) in [5, 5.41) is 5.43. The zero-order valence-electron chi connectivity index (χ0n) is 24.6. The SMILES string of the molecule is CCCCCCN(C(=O)C(CS)NC(=O)OC(C)(C)C)C(C(=O)NCCC(=O)OCC)c1cc(C)cc(C)c1. The number of hydrogen-bond donors (Lipinski definition) is 3. The Balaban J connectivity index is 3.40. The van der Waals surface area contributed by atoms with E-state index in [2.05, 4.69) is 30.2 Å². The Bertz CT molecular complexity index is 943. The van der Waals surface area contributed by atoms with Crippen LogP contribution in [0.2, 0.25) is 0 Å². The van der Waals surface area contributed by atoms with Crippen molar-refractivity contribution in [2.75, 3.05) is 25.4 Å². The lowest BCUT2D eigenvalue weighted by atomic mass is 9.98. The van der Waals surface area contributed by atoms with Crippen molar-refractivity contribution in [3.8, 4) is 0 Å². The topological polar surface area (TPSA) is 114 Å². The third kappa shape index (κ3) is 12.8. The lowest BCUT2D eigenvalue weighted by Crippen LogP contribution is -2.54. The maximum Gasteiger partial charge on any atom is 0.408 e. The van der Waals surface area contributed by atoms with Crippen LogP contribution in [0.1, 0.15) is 89.5 Å². The number of unbranched alkanes of at least 4 members (excludes halogenated alkanes) is 3. The van der Waals surface area contributed by atoms with Crippen LogP contribution in [0.25, 0.3) is 0 Å². The maximum absolute atomic E-state index is 13.9. The van der Waals surface area contributed by atoms with E-state index >= 15 is 0 Å². The van der Waals surface area contributed by atoms with Crippen LogP contribution < -0.4 is 10.6 Å². The average Bonchev–Trinajstić information content (AvgIpc) is 2.82. The van der Waals surface area contributed by atoms with Gasteiger partial charge in [-0.15, -0.1) is 0 Å². The molecule has 1 aromatic rings. The number of carbonyl (C=O) groups excluding carboxylic acids is 4. The Labute approximate surface area is 239 Å². The molecule has 2 unspecified atom stereocenters. The Morgan fingerprint density at radius 2 is 1.64 bits per heavy atom. The number of esters is 1. The molecular formula is C29H47N3O6S. The number of carbonyl (C=O) groups is 4. The quantitative estimate of drug-likeness (QED) is 0.162. The molecule has 2 atom stereocenters. The smallest absolute Gasteiger partial charge is 0.408 e. The van der Waals surface area contributed by atoms with Crippen LogP contribution in [-0.2, 0) is 23.9 Å². The second-order valence-electron chi connectivity index (χ2n) is 10.6. The molecular weight excluding hydrogens is 518 g/mol. The zero-order valence-corrected chi connectivity index (χ0v) is 25.5. The minimum Gasteiger partial charge on any atom is -0.466 e. The number of rotatable bonds is 15. The first-order valence-electron chi connectivity index (χ1n) is 13.7. The van der Waals surface area contributed by atoms with Crippen LogP contribution in [0.5, 0.6) is 0 Å². The predicted molar refractivity (Wildman–Crippen MR) is 156 cm³/mol. The van der Waals surface area contributed by atoms with Gasteiger partial charge in [-0.3, -0.25) is 14.4 Å². The highest BCUT2D eigenvalue weighted by Crippen LogP contribution is 2.26. The first kappa shape index (κ1) is 34.3. The molecule has 0 heterocycles. The molecule has 1 aromatic carbocycles. The highest BCUT2D eigenvalue weighted by molar-refractivity contribution is 7.80. The van der Waals surface area contributed by atoms with Crippen molar-refractivity contribution in [2.24, 2.45) is 0 Å². The Hall–Kier alpha value is -2.75. The van der Waals surface area contributed by atoms with Gasteiger partial charge in [-0.25, -0.2) is 4.79 Å². The summed E-state index contributed by atoms with van der Waals surface area (Å²) in [5.41, 5.74) is 1.81. The summed E-state index contributed by atoms with van der Waals surface area (Å²) in [6, 6.07) is 3.78. The van der Waals surface area contributed by atoms with Gasteiger partial charge in [-0.2, -0.15) is 12.6 Å². The van der Waals surface area contributed by atoms with Crippen molar-refractivity contribution in [1.82, 2.24) is 15.5 Å². The van der Waals surface area contributed by atoms with E-state index in [1.54, 1.807) is 27.7 Å². The van der Waals surface area contributed by atoms with Gasteiger partial charge in [0, 0.05) is 18.8 Å². The fraction of sp³-hybridized carbons (Fsp3) is 0.655. The monoisotopic (exact) mass is 565 g/mol. The molecule has 0 aliphatic rings. The lowest BCUT2D eigenvalue weighted by molar-refractivity contribution is -0.144. The predicted octanol–water partition coefficient (Wildman–Crippen LogP) is 4.65. The average molecular weight is 566 g/mol. The summed E-state index contributed by atoms with van der Waals surface area (Å²) in [6.45, 7) is 13.5. The number of ether oxygens (including phenoxy) is 2. The van der Waals surface area contributed by atoms with Crippen LogP contribution in [0.15, 0.2) is 18.2 Å². The molecule has 220 valence electrons. The third-order valence-electron chi connectivity index (χ3n) is 5.76. The summed E-state index contributed by atoms with van der Waals surface area (Å²) in [7, 11) is 0. The van der Waals surface area contributed by atoms with Crippen molar-refractivity contribution >= 4 is 36.5 Å². The number of thiol groups is 1. The summed E-state index contributed by atoms with van der Waals surface area (Å²) < 4.78 is 10.3. The van der Waals surface area contributed by atoms with Crippen molar-refractivity contribution < 1.29 is 28.7 Å². The molecule has 10 heteroatoms.